The van der Waals surface area contributed by atoms with Crippen LogP contribution in [0.25, 0.3) is 22.3 Å². The maximum Gasteiger partial charge on any atom is 0.259 e. The van der Waals surface area contributed by atoms with Gasteiger partial charge in [-0.3, -0.25) is 4.79 Å². The summed E-state index contributed by atoms with van der Waals surface area (Å²) in [7, 11) is 0. The van der Waals surface area contributed by atoms with Gasteiger partial charge in [0.05, 0.1) is 5.56 Å². The number of tetrazole rings is 1. The molecule has 3 heterocycles. The first kappa shape index (κ1) is 16.5. The van der Waals surface area contributed by atoms with Crippen molar-refractivity contribution in [2.24, 2.45) is 0 Å². The number of benzene rings is 1. The Morgan fingerprint density at radius 3 is 3.00 bits per heavy atom. The lowest BCUT2D eigenvalue weighted by atomic mass is 10.1. The molecule has 0 atom stereocenters. The average molecular weight is 367 g/mol. The fourth-order valence-corrected chi connectivity index (χ4v) is 3.34. The quantitative estimate of drug-likeness (QED) is 0.507. The topological polar surface area (TPSA) is 105 Å². The van der Waals surface area contributed by atoms with E-state index < -0.39 is 0 Å². The molecule has 4 aromatic rings. The molecule has 0 aliphatic carbocycles. The number of imidazole rings is 1. The summed E-state index contributed by atoms with van der Waals surface area (Å²) in [6.45, 7) is 0.715. The third-order valence-electron chi connectivity index (χ3n) is 4.20. The molecule has 0 spiro atoms. The van der Waals surface area contributed by atoms with E-state index >= 15 is 0 Å². The number of nitrogens with one attached hydrogen (secondary N) is 2. The normalized spacial score (nSPS) is 11.3. The van der Waals surface area contributed by atoms with Gasteiger partial charge in [-0.05, 0) is 36.3 Å². The monoisotopic (exact) mass is 367 g/mol. The van der Waals surface area contributed by atoms with Crippen LogP contribution in [0.1, 0.15) is 12.2 Å². The molecule has 0 aliphatic rings. The number of thioether (sulfide) groups is 1. The minimum Gasteiger partial charge on any atom is -0.331 e. The molecule has 0 fully saturated rings. The van der Waals surface area contributed by atoms with E-state index in [4.69, 9.17) is 0 Å². The molecule has 0 radical (unpaired) electrons. The van der Waals surface area contributed by atoms with E-state index in [1.165, 1.54) is 0 Å². The Hall–Kier alpha value is -2.94. The SMILES string of the molecule is CSc1ccc2cc(-c3nccn3CCCc3nn[nH]n3)c(=O)[nH]c2c1. The summed E-state index contributed by atoms with van der Waals surface area (Å²) in [5, 5.41) is 14.9. The van der Waals surface area contributed by atoms with Crippen LogP contribution >= 0.6 is 11.8 Å². The maximum absolute atomic E-state index is 12.6. The van der Waals surface area contributed by atoms with Gasteiger partial charge in [0, 0.05) is 35.8 Å². The average Bonchev–Trinajstić information content (AvgIpc) is 3.33. The Bertz CT molecular complexity index is 1080. The molecular formula is C17H17N7OS. The minimum absolute atomic E-state index is 0.138. The standard InChI is InChI=1S/C17H17N7OS/c1-26-12-5-4-11-9-13(17(25)19-14(11)10-12)16-18-6-8-24(16)7-2-3-15-20-22-23-21-15/h4-6,8-10H,2-3,7H2,1H3,(H,19,25)(H,20,21,22,23). The van der Waals surface area contributed by atoms with Gasteiger partial charge in [0.25, 0.3) is 5.56 Å². The molecule has 9 heteroatoms. The van der Waals surface area contributed by atoms with Crippen LogP contribution in [0.5, 0.6) is 0 Å². The van der Waals surface area contributed by atoms with Gasteiger partial charge in [-0.2, -0.15) is 5.21 Å². The first-order chi connectivity index (χ1) is 12.7. The van der Waals surface area contributed by atoms with Crippen LogP contribution in [0.3, 0.4) is 0 Å². The molecule has 0 saturated heterocycles. The van der Waals surface area contributed by atoms with Crippen LogP contribution in [-0.4, -0.2) is 41.4 Å². The fraction of sp³-hybridized carbons (Fsp3) is 0.235. The van der Waals surface area contributed by atoms with E-state index in [2.05, 4.69) is 30.6 Å². The van der Waals surface area contributed by atoms with Gasteiger partial charge in [-0.1, -0.05) is 11.3 Å². The highest BCUT2D eigenvalue weighted by atomic mass is 32.2. The molecule has 132 valence electrons. The highest BCUT2D eigenvalue weighted by Crippen LogP contribution is 2.23. The smallest absolute Gasteiger partial charge is 0.259 e. The maximum atomic E-state index is 12.6. The van der Waals surface area contributed by atoms with Crippen molar-refractivity contribution in [3.8, 4) is 11.4 Å². The summed E-state index contributed by atoms with van der Waals surface area (Å²) in [5.74, 6) is 1.34. The first-order valence-electron chi connectivity index (χ1n) is 8.19. The Balaban J connectivity index is 1.62. The number of aromatic nitrogens is 7. The van der Waals surface area contributed by atoms with Gasteiger partial charge in [-0.25, -0.2) is 4.98 Å². The summed E-state index contributed by atoms with van der Waals surface area (Å²) < 4.78 is 1.98. The van der Waals surface area contributed by atoms with Crippen LogP contribution in [0, 0.1) is 0 Å². The Kier molecular flexibility index (Phi) is 4.53. The van der Waals surface area contributed by atoms with Gasteiger partial charge in [0.2, 0.25) is 0 Å². The second kappa shape index (κ2) is 7.12. The van der Waals surface area contributed by atoms with Gasteiger partial charge in [0.1, 0.15) is 5.82 Å². The Morgan fingerprint density at radius 2 is 2.19 bits per heavy atom. The number of H-pyrrole nitrogens is 2. The lowest BCUT2D eigenvalue weighted by molar-refractivity contribution is 0.633. The molecular weight excluding hydrogens is 350 g/mol. The Morgan fingerprint density at radius 1 is 1.27 bits per heavy atom. The molecule has 0 unspecified atom stereocenters. The van der Waals surface area contributed by atoms with Crippen molar-refractivity contribution in [3.63, 3.8) is 0 Å². The van der Waals surface area contributed by atoms with Crippen molar-refractivity contribution in [2.45, 2.75) is 24.3 Å². The van der Waals surface area contributed by atoms with Crippen LogP contribution in [-0.2, 0) is 13.0 Å². The molecule has 0 aliphatic heterocycles. The van der Waals surface area contributed by atoms with E-state index in [1.54, 1.807) is 18.0 Å². The number of nitrogens with zero attached hydrogens (tertiary/aromatic N) is 5. The van der Waals surface area contributed by atoms with Crippen molar-refractivity contribution in [3.05, 3.63) is 52.8 Å². The summed E-state index contributed by atoms with van der Waals surface area (Å²) in [4.78, 5) is 21.1. The van der Waals surface area contributed by atoms with Gasteiger partial charge < -0.3 is 9.55 Å². The molecule has 8 nitrogen and oxygen atoms in total. The van der Waals surface area contributed by atoms with E-state index in [0.29, 0.717) is 30.2 Å². The third-order valence-corrected chi connectivity index (χ3v) is 4.92. The van der Waals surface area contributed by atoms with Crippen molar-refractivity contribution < 1.29 is 0 Å². The predicted molar refractivity (Wildman–Crippen MR) is 100 cm³/mol. The third kappa shape index (κ3) is 3.25. The van der Waals surface area contributed by atoms with Gasteiger partial charge in [-0.15, -0.1) is 22.0 Å². The zero-order valence-corrected chi connectivity index (χ0v) is 15.0. The molecule has 3 aromatic heterocycles. The van der Waals surface area contributed by atoms with E-state index in [-0.39, 0.29) is 5.56 Å². The van der Waals surface area contributed by atoms with Crippen molar-refractivity contribution in [1.29, 1.82) is 0 Å². The van der Waals surface area contributed by atoms with Crippen LogP contribution in [0.2, 0.25) is 0 Å². The molecule has 4 rings (SSSR count). The number of aryl methyl sites for hydroxylation is 2. The number of fused-ring (bicyclic) bond motifs is 1. The zero-order chi connectivity index (χ0) is 17.9. The van der Waals surface area contributed by atoms with Crippen molar-refractivity contribution in [2.75, 3.05) is 6.26 Å². The summed E-state index contributed by atoms with van der Waals surface area (Å²) >= 11 is 1.65. The van der Waals surface area contributed by atoms with Gasteiger partial charge in [0.15, 0.2) is 5.82 Å². The summed E-state index contributed by atoms with van der Waals surface area (Å²) in [6, 6.07) is 7.95. The lowest BCUT2D eigenvalue weighted by Crippen LogP contribution is -2.12. The van der Waals surface area contributed by atoms with E-state index in [9.17, 15) is 4.79 Å². The molecule has 1 aromatic carbocycles. The highest BCUT2D eigenvalue weighted by Gasteiger charge is 2.12. The predicted octanol–water partition coefficient (Wildman–Crippen LogP) is 2.26. The second-order valence-corrected chi connectivity index (χ2v) is 6.72. The van der Waals surface area contributed by atoms with Crippen molar-refractivity contribution >= 4 is 22.7 Å². The number of hydrogen-bond acceptors (Lipinski definition) is 6. The number of rotatable bonds is 6. The Labute approximate surface area is 153 Å². The summed E-state index contributed by atoms with van der Waals surface area (Å²) in [6.07, 6.45) is 7.14. The van der Waals surface area contributed by atoms with E-state index in [0.717, 1.165) is 22.2 Å². The molecule has 0 amide bonds. The number of hydrogen-bond donors (Lipinski definition) is 2. The molecule has 26 heavy (non-hydrogen) atoms. The number of aromatic amines is 2. The molecule has 0 saturated carbocycles. The first-order valence-corrected chi connectivity index (χ1v) is 9.42. The zero-order valence-electron chi connectivity index (χ0n) is 14.1. The fourth-order valence-electron chi connectivity index (χ4n) is 2.90. The summed E-state index contributed by atoms with van der Waals surface area (Å²) in [5.41, 5.74) is 1.26. The minimum atomic E-state index is -0.138. The highest BCUT2D eigenvalue weighted by molar-refractivity contribution is 7.98. The van der Waals surface area contributed by atoms with Crippen LogP contribution < -0.4 is 5.56 Å². The van der Waals surface area contributed by atoms with Crippen molar-refractivity contribution in [1.82, 2.24) is 35.2 Å². The molecule has 2 N–H and O–H groups in total. The van der Waals surface area contributed by atoms with Gasteiger partial charge >= 0.3 is 0 Å². The van der Waals surface area contributed by atoms with E-state index in [1.807, 2.05) is 41.3 Å². The second-order valence-electron chi connectivity index (χ2n) is 5.84. The largest absolute Gasteiger partial charge is 0.331 e. The van der Waals surface area contributed by atoms with Crippen LogP contribution in [0.15, 0.2) is 46.3 Å². The van der Waals surface area contributed by atoms with Crippen LogP contribution in [0.4, 0.5) is 0 Å². The molecule has 0 bridgehead atoms. The lowest BCUT2D eigenvalue weighted by Gasteiger charge is -2.08. The number of pyridine rings is 1.